The Hall–Kier alpha value is -2.76. The lowest BCUT2D eigenvalue weighted by Gasteiger charge is -2.22. The van der Waals surface area contributed by atoms with E-state index in [0.717, 1.165) is 29.9 Å². The molecule has 154 valence electrons. The normalized spacial score (nSPS) is 20.2. The van der Waals surface area contributed by atoms with E-state index in [1.54, 1.807) is 12.1 Å². The van der Waals surface area contributed by atoms with E-state index in [9.17, 15) is 9.59 Å². The first-order valence-electron chi connectivity index (χ1n) is 10.5. The van der Waals surface area contributed by atoms with Crippen molar-refractivity contribution in [3.63, 3.8) is 0 Å². The monoisotopic (exact) mass is 395 g/mol. The third-order valence-electron chi connectivity index (χ3n) is 5.81. The molecular weight excluding hydrogens is 366 g/mol. The number of aryl methyl sites for hydroxylation is 1. The summed E-state index contributed by atoms with van der Waals surface area (Å²) in [6.07, 6.45) is 3.21. The average Bonchev–Trinajstić information content (AvgIpc) is 3.61. The van der Waals surface area contributed by atoms with Gasteiger partial charge >= 0.3 is 6.03 Å². The first-order chi connectivity index (χ1) is 14.0. The molecule has 2 aromatic rings. The van der Waals surface area contributed by atoms with Crippen molar-refractivity contribution in [1.29, 1.82) is 0 Å². The molecule has 0 radical (unpaired) electrons. The maximum atomic E-state index is 13.0. The number of carbonyl (C=O) groups is 2. The largest absolute Gasteiger partial charge is 0.464 e. The minimum absolute atomic E-state index is 0.139. The van der Waals surface area contributed by atoms with Crippen LogP contribution >= 0.6 is 0 Å². The summed E-state index contributed by atoms with van der Waals surface area (Å²) in [5.74, 6) is 2.95. The highest BCUT2D eigenvalue weighted by Gasteiger charge is 2.37. The molecule has 0 saturated heterocycles. The Balaban J connectivity index is 1.46. The van der Waals surface area contributed by atoms with E-state index in [1.165, 1.54) is 6.42 Å². The van der Waals surface area contributed by atoms with Crippen molar-refractivity contribution in [2.45, 2.75) is 58.5 Å². The van der Waals surface area contributed by atoms with Crippen molar-refractivity contribution in [2.24, 2.45) is 5.92 Å². The topological polar surface area (TPSA) is 74.6 Å². The van der Waals surface area contributed by atoms with Gasteiger partial charge in [-0.1, -0.05) is 13.0 Å². The number of furan rings is 1. The summed E-state index contributed by atoms with van der Waals surface area (Å²) >= 11 is 0. The van der Waals surface area contributed by atoms with Crippen LogP contribution in [0, 0.1) is 12.8 Å². The predicted molar refractivity (Wildman–Crippen MR) is 112 cm³/mol. The van der Waals surface area contributed by atoms with E-state index < -0.39 is 0 Å². The van der Waals surface area contributed by atoms with E-state index in [4.69, 9.17) is 4.42 Å². The molecule has 2 aliphatic rings. The minimum atomic E-state index is -0.151. The number of nitrogens with zero attached hydrogens (tertiary/aromatic N) is 1. The fourth-order valence-corrected chi connectivity index (χ4v) is 3.67. The maximum absolute atomic E-state index is 13.0. The molecule has 3 amide bonds. The van der Waals surface area contributed by atoms with Gasteiger partial charge in [0.1, 0.15) is 11.5 Å². The third-order valence-corrected chi connectivity index (χ3v) is 5.81. The van der Waals surface area contributed by atoms with Gasteiger partial charge in [0.2, 0.25) is 0 Å². The number of amides is 3. The Morgan fingerprint density at radius 1 is 1.21 bits per heavy atom. The van der Waals surface area contributed by atoms with Gasteiger partial charge in [-0.3, -0.25) is 4.79 Å². The highest BCUT2D eigenvalue weighted by molar-refractivity contribution is 5.97. The van der Waals surface area contributed by atoms with Crippen LogP contribution < -0.4 is 10.6 Å². The molecular formula is C23H29N3O3. The molecule has 2 unspecified atom stereocenters. The van der Waals surface area contributed by atoms with Crippen LogP contribution in [0.25, 0.3) is 0 Å². The zero-order valence-corrected chi connectivity index (χ0v) is 17.3. The SMILES string of the molecule is CCNC(=O)c1ccc(C)c(NC(=O)N(Cc2ccc(C3CC3C)o2)C2CC2)c1. The molecule has 6 nitrogen and oxygen atoms in total. The van der Waals surface area contributed by atoms with Gasteiger partial charge in [-0.05, 0) is 68.9 Å². The van der Waals surface area contributed by atoms with Crippen molar-refractivity contribution < 1.29 is 14.0 Å². The maximum Gasteiger partial charge on any atom is 0.322 e. The van der Waals surface area contributed by atoms with Gasteiger partial charge in [-0.25, -0.2) is 4.79 Å². The molecule has 4 rings (SSSR count). The fraction of sp³-hybridized carbons (Fsp3) is 0.478. The number of nitrogens with one attached hydrogen (secondary N) is 2. The first-order valence-corrected chi connectivity index (χ1v) is 10.5. The Morgan fingerprint density at radius 3 is 2.62 bits per heavy atom. The summed E-state index contributed by atoms with van der Waals surface area (Å²) in [6.45, 7) is 7.07. The lowest BCUT2D eigenvalue weighted by atomic mass is 10.1. The van der Waals surface area contributed by atoms with Crippen LogP contribution in [-0.4, -0.2) is 29.4 Å². The Kier molecular flexibility index (Phi) is 5.35. The molecule has 0 bridgehead atoms. The van der Waals surface area contributed by atoms with Crippen molar-refractivity contribution in [3.8, 4) is 0 Å². The van der Waals surface area contributed by atoms with Crippen LogP contribution in [-0.2, 0) is 6.54 Å². The predicted octanol–water partition coefficient (Wildman–Crippen LogP) is 4.66. The van der Waals surface area contributed by atoms with E-state index in [2.05, 4.69) is 17.6 Å². The lowest BCUT2D eigenvalue weighted by Crippen LogP contribution is -2.36. The molecule has 1 aromatic carbocycles. The zero-order chi connectivity index (χ0) is 20.5. The van der Waals surface area contributed by atoms with Gasteiger partial charge in [-0.2, -0.15) is 0 Å². The fourth-order valence-electron chi connectivity index (χ4n) is 3.67. The molecule has 6 heteroatoms. The number of urea groups is 1. The van der Waals surface area contributed by atoms with Crippen LogP contribution in [0.5, 0.6) is 0 Å². The quantitative estimate of drug-likeness (QED) is 0.716. The molecule has 2 atom stereocenters. The van der Waals surface area contributed by atoms with Crippen molar-refractivity contribution in [2.75, 3.05) is 11.9 Å². The van der Waals surface area contributed by atoms with Gasteiger partial charge in [0.15, 0.2) is 0 Å². The molecule has 0 aliphatic heterocycles. The summed E-state index contributed by atoms with van der Waals surface area (Å²) < 4.78 is 6.01. The van der Waals surface area contributed by atoms with Crippen LogP contribution in [0.3, 0.4) is 0 Å². The molecule has 1 heterocycles. The number of carbonyl (C=O) groups excluding carboxylic acids is 2. The number of anilines is 1. The third kappa shape index (κ3) is 4.47. The highest BCUT2D eigenvalue weighted by Crippen LogP contribution is 2.47. The molecule has 0 spiro atoms. The van der Waals surface area contributed by atoms with Gasteiger partial charge in [-0.15, -0.1) is 0 Å². The molecule has 2 aliphatic carbocycles. The zero-order valence-electron chi connectivity index (χ0n) is 17.3. The van der Waals surface area contributed by atoms with Gasteiger partial charge in [0, 0.05) is 29.8 Å². The summed E-state index contributed by atoms with van der Waals surface area (Å²) in [6, 6.07) is 9.51. The Morgan fingerprint density at radius 2 is 1.97 bits per heavy atom. The van der Waals surface area contributed by atoms with Crippen LogP contribution in [0.1, 0.15) is 66.5 Å². The van der Waals surface area contributed by atoms with Crippen molar-refractivity contribution in [3.05, 3.63) is 53.0 Å². The Bertz CT molecular complexity index is 916. The van der Waals surface area contributed by atoms with Gasteiger partial charge in [0.25, 0.3) is 5.91 Å². The summed E-state index contributed by atoms with van der Waals surface area (Å²) in [4.78, 5) is 27.0. The molecule has 2 saturated carbocycles. The second-order valence-corrected chi connectivity index (χ2v) is 8.30. The molecule has 2 fully saturated rings. The van der Waals surface area contributed by atoms with E-state index in [1.807, 2.05) is 36.9 Å². The van der Waals surface area contributed by atoms with Crippen molar-refractivity contribution in [1.82, 2.24) is 10.2 Å². The Labute approximate surface area is 171 Å². The molecule has 2 N–H and O–H groups in total. The second-order valence-electron chi connectivity index (χ2n) is 8.30. The van der Waals surface area contributed by atoms with Crippen molar-refractivity contribution >= 4 is 17.6 Å². The highest BCUT2D eigenvalue weighted by atomic mass is 16.3. The standard InChI is InChI=1S/C23H29N3O3/c1-4-24-22(27)16-6-5-14(2)20(12-16)25-23(28)26(17-7-8-17)13-18-9-10-21(29-18)19-11-15(19)3/h5-6,9-10,12,15,17,19H,4,7-8,11,13H2,1-3H3,(H,24,27)(H,25,28). The minimum Gasteiger partial charge on any atom is -0.464 e. The number of rotatable bonds is 7. The summed E-state index contributed by atoms with van der Waals surface area (Å²) in [7, 11) is 0. The van der Waals surface area contributed by atoms with E-state index in [-0.39, 0.29) is 18.0 Å². The number of hydrogen-bond acceptors (Lipinski definition) is 3. The van der Waals surface area contributed by atoms with Gasteiger partial charge in [0.05, 0.1) is 6.54 Å². The van der Waals surface area contributed by atoms with Crippen LogP contribution in [0.15, 0.2) is 34.7 Å². The smallest absolute Gasteiger partial charge is 0.322 e. The first kappa shape index (κ1) is 19.6. The van der Waals surface area contributed by atoms with Gasteiger partial charge < -0.3 is 20.0 Å². The van der Waals surface area contributed by atoms with E-state index in [0.29, 0.717) is 36.2 Å². The second kappa shape index (κ2) is 7.93. The molecule has 29 heavy (non-hydrogen) atoms. The average molecular weight is 396 g/mol. The number of benzene rings is 1. The lowest BCUT2D eigenvalue weighted by molar-refractivity contribution is 0.0956. The molecule has 1 aromatic heterocycles. The van der Waals surface area contributed by atoms with E-state index >= 15 is 0 Å². The number of hydrogen-bond donors (Lipinski definition) is 2. The van der Waals surface area contributed by atoms with Crippen LogP contribution in [0.4, 0.5) is 10.5 Å². The van der Waals surface area contributed by atoms with Crippen LogP contribution in [0.2, 0.25) is 0 Å². The summed E-state index contributed by atoms with van der Waals surface area (Å²) in [5, 5.41) is 5.79. The summed E-state index contributed by atoms with van der Waals surface area (Å²) in [5.41, 5.74) is 2.13.